The van der Waals surface area contributed by atoms with Gasteiger partial charge in [-0.3, -0.25) is 4.79 Å². The lowest BCUT2D eigenvalue weighted by atomic mass is 10.2. The Labute approximate surface area is 119 Å². The molecule has 1 N–H and O–H groups in total. The van der Waals surface area contributed by atoms with E-state index in [1.807, 2.05) is 0 Å². The number of rotatable bonds is 4. The van der Waals surface area contributed by atoms with E-state index in [1.54, 1.807) is 6.07 Å². The number of carboxylic acid groups (broad SMARTS) is 1. The van der Waals surface area contributed by atoms with Gasteiger partial charge in [0, 0.05) is 5.75 Å². The summed E-state index contributed by atoms with van der Waals surface area (Å²) in [5.74, 6) is -1.41. The van der Waals surface area contributed by atoms with Crippen molar-refractivity contribution in [2.45, 2.75) is 19.1 Å². The first-order valence-corrected chi connectivity index (χ1v) is 7.18. The van der Waals surface area contributed by atoms with E-state index in [2.05, 4.69) is 0 Å². The average molecular weight is 299 g/mol. The summed E-state index contributed by atoms with van der Waals surface area (Å²) >= 11 is 1.37. The number of carboxylic acids is 1. The number of carbonyl (C=O) groups excluding carboxylic acids is 1. The fourth-order valence-corrected chi connectivity index (χ4v) is 3.03. The van der Waals surface area contributed by atoms with E-state index in [4.69, 9.17) is 9.84 Å². The third-order valence-corrected chi connectivity index (χ3v) is 3.95. The van der Waals surface area contributed by atoms with Crippen LogP contribution in [0.1, 0.15) is 6.92 Å². The Balaban J connectivity index is 2.05. The second-order valence-corrected chi connectivity index (χ2v) is 5.35. The number of thioether (sulfide) groups is 1. The zero-order chi connectivity index (χ0) is 14.7. The maximum absolute atomic E-state index is 13.4. The van der Waals surface area contributed by atoms with Crippen LogP contribution in [0.2, 0.25) is 0 Å². The van der Waals surface area contributed by atoms with Crippen molar-refractivity contribution in [3.05, 3.63) is 30.1 Å². The minimum absolute atomic E-state index is 0.0212. The predicted molar refractivity (Wildman–Crippen MR) is 72.1 cm³/mol. The van der Waals surface area contributed by atoms with Crippen molar-refractivity contribution >= 4 is 23.6 Å². The monoisotopic (exact) mass is 299 g/mol. The molecule has 0 bridgehead atoms. The Morgan fingerprint density at radius 2 is 2.20 bits per heavy atom. The summed E-state index contributed by atoms with van der Waals surface area (Å²) < 4.78 is 18.7. The van der Waals surface area contributed by atoms with E-state index in [9.17, 15) is 14.0 Å². The number of hydrogen-bond donors (Lipinski definition) is 1. The van der Waals surface area contributed by atoms with Crippen molar-refractivity contribution in [1.82, 2.24) is 4.90 Å². The number of ether oxygens (including phenoxy) is 1. The van der Waals surface area contributed by atoms with Crippen molar-refractivity contribution < 1.29 is 23.8 Å². The lowest BCUT2D eigenvalue weighted by Gasteiger charge is -2.24. The van der Waals surface area contributed by atoms with Crippen molar-refractivity contribution in [2.24, 2.45) is 0 Å². The van der Waals surface area contributed by atoms with E-state index in [-0.39, 0.29) is 5.75 Å². The maximum atomic E-state index is 13.4. The number of carbonyl (C=O) groups is 2. The summed E-state index contributed by atoms with van der Waals surface area (Å²) in [6.45, 7) is 1.48. The molecule has 2 rings (SSSR count). The number of para-hydroxylation sites is 1. The van der Waals surface area contributed by atoms with Crippen molar-refractivity contribution in [3.8, 4) is 5.75 Å². The lowest BCUT2D eigenvalue weighted by molar-refractivity contribution is -0.150. The Bertz CT molecular complexity index is 525. The van der Waals surface area contributed by atoms with Crippen LogP contribution in [0.5, 0.6) is 5.75 Å². The number of aliphatic carboxylic acids is 1. The van der Waals surface area contributed by atoms with Crippen LogP contribution >= 0.6 is 11.8 Å². The molecule has 0 saturated carbocycles. The predicted octanol–water partition coefficient (Wildman–Crippen LogP) is 1.58. The fourth-order valence-electron chi connectivity index (χ4n) is 1.88. The Hall–Kier alpha value is -1.76. The zero-order valence-corrected chi connectivity index (χ0v) is 11.6. The van der Waals surface area contributed by atoms with E-state index in [0.717, 1.165) is 0 Å². The molecule has 0 radical (unpaired) electrons. The molecule has 0 aromatic heterocycles. The number of nitrogens with zero attached hydrogens (tertiary/aromatic N) is 1. The molecule has 108 valence electrons. The van der Waals surface area contributed by atoms with E-state index >= 15 is 0 Å². The van der Waals surface area contributed by atoms with Gasteiger partial charge in [-0.1, -0.05) is 12.1 Å². The first-order valence-electron chi connectivity index (χ1n) is 6.03. The minimum atomic E-state index is -1.04. The summed E-state index contributed by atoms with van der Waals surface area (Å²) in [6.07, 6.45) is -0.938. The number of amides is 1. The molecule has 20 heavy (non-hydrogen) atoms. The molecule has 1 saturated heterocycles. The molecule has 0 aliphatic carbocycles. The first kappa shape index (κ1) is 14.6. The van der Waals surface area contributed by atoms with E-state index < -0.39 is 29.8 Å². The molecule has 7 heteroatoms. The van der Waals surface area contributed by atoms with Crippen molar-refractivity contribution in [3.63, 3.8) is 0 Å². The van der Waals surface area contributed by atoms with Crippen LogP contribution in [-0.2, 0) is 9.59 Å². The maximum Gasteiger partial charge on any atom is 0.327 e. The smallest absolute Gasteiger partial charge is 0.327 e. The van der Waals surface area contributed by atoms with Gasteiger partial charge in [0.05, 0.1) is 5.88 Å². The molecule has 5 nitrogen and oxygen atoms in total. The van der Waals surface area contributed by atoms with Crippen LogP contribution in [0.15, 0.2) is 24.3 Å². The average Bonchev–Trinajstić information content (AvgIpc) is 2.89. The Morgan fingerprint density at radius 3 is 2.85 bits per heavy atom. The molecule has 1 aliphatic heterocycles. The number of hydrogen-bond acceptors (Lipinski definition) is 4. The van der Waals surface area contributed by atoms with Crippen molar-refractivity contribution in [1.29, 1.82) is 0 Å². The van der Waals surface area contributed by atoms with Gasteiger partial charge in [-0.2, -0.15) is 0 Å². The molecular weight excluding hydrogens is 285 g/mol. The molecule has 1 aromatic carbocycles. The topological polar surface area (TPSA) is 66.8 Å². The second-order valence-electron chi connectivity index (χ2n) is 4.35. The summed E-state index contributed by atoms with van der Waals surface area (Å²) in [5.41, 5.74) is 0. The summed E-state index contributed by atoms with van der Waals surface area (Å²) in [5, 5.41) is 9.04. The fraction of sp³-hybridized carbons (Fsp3) is 0.385. The minimum Gasteiger partial charge on any atom is -0.480 e. The van der Waals surface area contributed by atoms with Gasteiger partial charge in [0.25, 0.3) is 5.91 Å². The van der Waals surface area contributed by atoms with Gasteiger partial charge in [0.1, 0.15) is 6.04 Å². The molecular formula is C13H14FNO4S. The Morgan fingerprint density at radius 1 is 1.50 bits per heavy atom. The highest BCUT2D eigenvalue weighted by molar-refractivity contribution is 7.99. The SMILES string of the molecule is CC(Oc1ccccc1F)C(=O)N1CSCC1C(=O)O. The molecule has 2 atom stereocenters. The molecule has 1 heterocycles. The van der Waals surface area contributed by atoms with E-state index in [1.165, 1.54) is 41.8 Å². The van der Waals surface area contributed by atoms with Gasteiger partial charge < -0.3 is 14.7 Å². The van der Waals surface area contributed by atoms with Gasteiger partial charge in [-0.05, 0) is 19.1 Å². The van der Waals surface area contributed by atoms with Gasteiger partial charge in [0.15, 0.2) is 17.7 Å². The third-order valence-electron chi connectivity index (χ3n) is 2.94. The van der Waals surface area contributed by atoms with Crippen LogP contribution < -0.4 is 4.74 Å². The third kappa shape index (κ3) is 3.04. The van der Waals surface area contributed by atoms with Gasteiger partial charge >= 0.3 is 5.97 Å². The summed E-state index contributed by atoms with van der Waals surface area (Å²) in [6, 6.07) is 4.93. The van der Waals surface area contributed by atoms with Crippen LogP contribution in [0.3, 0.4) is 0 Å². The van der Waals surface area contributed by atoms with Crippen LogP contribution in [0.25, 0.3) is 0 Å². The molecule has 2 unspecified atom stereocenters. The molecule has 1 aliphatic rings. The van der Waals surface area contributed by atoms with Crippen LogP contribution in [-0.4, -0.2) is 45.7 Å². The van der Waals surface area contributed by atoms with Gasteiger partial charge in [-0.25, -0.2) is 9.18 Å². The molecule has 1 fully saturated rings. The summed E-state index contributed by atoms with van der Waals surface area (Å²) in [7, 11) is 0. The van der Waals surface area contributed by atoms with Gasteiger partial charge in [-0.15, -0.1) is 11.8 Å². The normalized spacial score (nSPS) is 19.7. The molecule has 1 amide bonds. The highest BCUT2D eigenvalue weighted by atomic mass is 32.2. The zero-order valence-electron chi connectivity index (χ0n) is 10.8. The largest absolute Gasteiger partial charge is 0.480 e. The number of halogens is 1. The second kappa shape index (κ2) is 6.13. The standard InChI is InChI=1S/C13H14FNO4S/c1-8(19-11-5-3-2-4-9(11)14)12(16)15-7-20-6-10(15)13(17)18/h2-5,8,10H,6-7H2,1H3,(H,17,18). The highest BCUT2D eigenvalue weighted by Gasteiger charge is 2.37. The lowest BCUT2D eigenvalue weighted by Crippen LogP contribution is -2.47. The highest BCUT2D eigenvalue weighted by Crippen LogP contribution is 2.23. The quantitative estimate of drug-likeness (QED) is 0.914. The van der Waals surface area contributed by atoms with E-state index in [0.29, 0.717) is 11.6 Å². The summed E-state index contributed by atoms with van der Waals surface area (Å²) in [4.78, 5) is 24.5. The Kier molecular flexibility index (Phi) is 4.49. The van der Waals surface area contributed by atoms with Crippen LogP contribution in [0.4, 0.5) is 4.39 Å². The first-order chi connectivity index (χ1) is 9.50. The van der Waals surface area contributed by atoms with Crippen LogP contribution in [0, 0.1) is 5.82 Å². The molecule has 1 aromatic rings. The molecule has 0 spiro atoms. The number of benzene rings is 1. The van der Waals surface area contributed by atoms with Crippen molar-refractivity contribution in [2.75, 3.05) is 11.6 Å². The van der Waals surface area contributed by atoms with Gasteiger partial charge in [0.2, 0.25) is 0 Å².